The first kappa shape index (κ1) is 13.4. The second-order valence-corrected chi connectivity index (χ2v) is 5.25. The fraction of sp³-hybridized carbons (Fsp3) is 0.571. The van der Waals surface area contributed by atoms with E-state index in [1.54, 1.807) is 0 Å². The maximum absolute atomic E-state index is 12.5. The van der Waals surface area contributed by atoms with Gasteiger partial charge in [-0.1, -0.05) is 25.5 Å². The predicted octanol–water partition coefficient (Wildman–Crippen LogP) is 4.07. The van der Waals surface area contributed by atoms with Gasteiger partial charge in [-0.15, -0.1) is 0 Å². The summed E-state index contributed by atoms with van der Waals surface area (Å²) in [6.07, 6.45) is -0.402. The number of halogens is 3. The molecule has 0 amide bonds. The van der Waals surface area contributed by atoms with E-state index in [1.165, 1.54) is 12.1 Å². The lowest BCUT2D eigenvalue weighted by molar-refractivity contribution is -0.137. The average Bonchev–Trinajstić information content (AvgIpc) is 2.72. The number of alkyl halides is 3. The normalized spacial score (nSPS) is 28.6. The standard InChI is InChI=1S/C14H18F3N/c1-2-10-7-8-13(18,9-10)11-3-5-12(6-4-11)14(15,16)17/h3-6,10H,2,7-9,18H2,1H3. The summed E-state index contributed by atoms with van der Waals surface area (Å²) in [6, 6.07) is 5.31. The number of nitrogens with two attached hydrogens (primary N) is 1. The quantitative estimate of drug-likeness (QED) is 0.849. The van der Waals surface area contributed by atoms with Gasteiger partial charge in [0.05, 0.1) is 5.56 Å². The first-order chi connectivity index (χ1) is 8.35. The molecule has 1 fully saturated rings. The third-order valence-electron chi connectivity index (χ3n) is 4.02. The van der Waals surface area contributed by atoms with Gasteiger partial charge in [0, 0.05) is 5.54 Å². The minimum atomic E-state index is -4.28. The highest BCUT2D eigenvalue weighted by Gasteiger charge is 2.37. The molecule has 0 aliphatic heterocycles. The zero-order valence-corrected chi connectivity index (χ0v) is 10.4. The van der Waals surface area contributed by atoms with Crippen LogP contribution in [0.25, 0.3) is 0 Å². The molecule has 1 aromatic carbocycles. The number of rotatable bonds is 2. The summed E-state index contributed by atoms with van der Waals surface area (Å²) in [5.74, 6) is 0.595. The monoisotopic (exact) mass is 257 g/mol. The van der Waals surface area contributed by atoms with Crippen LogP contribution >= 0.6 is 0 Å². The van der Waals surface area contributed by atoms with Gasteiger partial charge in [-0.25, -0.2) is 0 Å². The Bertz CT molecular complexity index is 410. The molecule has 0 bridgehead atoms. The summed E-state index contributed by atoms with van der Waals surface area (Å²) < 4.78 is 37.4. The summed E-state index contributed by atoms with van der Waals surface area (Å²) in [7, 11) is 0. The van der Waals surface area contributed by atoms with Crippen molar-refractivity contribution in [3.05, 3.63) is 35.4 Å². The Morgan fingerprint density at radius 2 is 1.89 bits per heavy atom. The van der Waals surface area contributed by atoms with Crippen LogP contribution in [-0.4, -0.2) is 0 Å². The van der Waals surface area contributed by atoms with Crippen molar-refractivity contribution in [1.29, 1.82) is 0 Å². The molecule has 0 saturated heterocycles. The summed E-state index contributed by atoms with van der Waals surface area (Å²) in [5, 5.41) is 0. The highest BCUT2D eigenvalue weighted by Crippen LogP contribution is 2.42. The SMILES string of the molecule is CCC1CCC(N)(c2ccc(C(F)(F)F)cc2)C1. The van der Waals surface area contributed by atoms with E-state index in [0.717, 1.165) is 43.4 Å². The van der Waals surface area contributed by atoms with Crippen LogP contribution in [0.4, 0.5) is 13.2 Å². The lowest BCUT2D eigenvalue weighted by atomic mass is 9.87. The second-order valence-electron chi connectivity index (χ2n) is 5.25. The summed E-state index contributed by atoms with van der Waals surface area (Å²) in [4.78, 5) is 0. The maximum Gasteiger partial charge on any atom is 0.416 e. The number of hydrogen-bond donors (Lipinski definition) is 1. The molecule has 1 aromatic rings. The Balaban J connectivity index is 2.20. The van der Waals surface area contributed by atoms with E-state index < -0.39 is 17.3 Å². The van der Waals surface area contributed by atoms with Crippen LogP contribution in [0.15, 0.2) is 24.3 Å². The lowest BCUT2D eigenvalue weighted by Gasteiger charge is -2.25. The van der Waals surface area contributed by atoms with Gasteiger partial charge in [-0.3, -0.25) is 0 Å². The van der Waals surface area contributed by atoms with E-state index >= 15 is 0 Å². The van der Waals surface area contributed by atoms with Gasteiger partial charge in [-0.2, -0.15) is 13.2 Å². The molecule has 1 nitrogen and oxygen atoms in total. The molecule has 0 spiro atoms. The molecule has 18 heavy (non-hydrogen) atoms. The van der Waals surface area contributed by atoms with Gasteiger partial charge >= 0.3 is 6.18 Å². The van der Waals surface area contributed by atoms with Crippen LogP contribution in [0.2, 0.25) is 0 Å². The molecular weight excluding hydrogens is 239 g/mol. The van der Waals surface area contributed by atoms with Gasteiger partial charge in [0.15, 0.2) is 0 Å². The van der Waals surface area contributed by atoms with E-state index in [9.17, 15) is 13.2 Å². The highest BCUT2D eigenvalue weighted by molar-refractivity contribution is 5.30. The zero-order valence-electron chi connectivity index (χ0n) is 10.4. The number of benzene rings is 1. The van der Waals surface area contributed by atoms with Crippen LogP contribution in [0.5, 0.6) is 0 Å². The Kier molecular flexibility index (Phi) is 3.41. The van der Waals surface area contributed by atoms with Crippen LogP contribution in [0.3, 0.4) is 0 Å². The fourth-order valence-electron chi connectivity index (χ4n) is 2.78. The molecule has 0 radical (unpaired) electrons. The van der Waals surface area contributed by atoms with Crippen molar-refractivity contribution < 1.29 is 13.2 Å². The largest absolute Gasteiger partial charge is 0.416 e. The third-order valence-corrected chi connectivity index (χ3v) is 4.02. The minimum Gasteiger partial charge on any atom is -0.321 e. The van der Waals surface area contributed by atoms with Crippen LogP contribution in [0.1, 0.15) is 43.7 Å². The van der Waals surface area contributed by atoms with Crippen molar-refractivity contribution in [3.8, 4) is 0 Å². The molecule has 4 heteroatoms. The van der Waals surface area contributed by atoms with Crippen LogP contribution in [-0.2, 0) is 11.7 Å². The first-order valence-corrected chi connectivity index (χ1v) is 6.32. The molecule has 2 N–H and O–H groups in total. The van der Waals surface area contributed by atoms with E-state index in [2.05, 4.69) is 6.92 Å². The fourth-order valence-corrected chi connectivity index (χ4v) is 2.78. The topological polar surface area (TPSA) is 26.0 Å². The zero-order chi connectivity index (χ0) is 13.4. The van der Waals surface area contributed by atoms with Crippen LogP contribution in [0, 0.1) is 5.92 Å². The van der Waals surface area contributed by atoms with Gasteiger partial charge in [0.2, 0.25) is 0 Å². The smallest absolute Gasteiger partial charge is 0.321 e. The predicted molar refractivity (Wildman–Crippen MR) is 64.9 cm³/mol. The van der Waals surface area contributed by atoms with Gasteiger partial charge < -0.3 is 5.73 Å². The van der Waals surface area contributed by atoms with E-state index in [1.807, 2.05) is 0 Å². The summed E-state index contributed by atoms with van der Waals surface area (Å²) in [6.45, 7) is 2.13. The van der Waals surface area contributed by atoms with E-state index in [4.69, 9.17) is 5.73 Å². The molecule has 2 rings (SSSR count). The summed E-state index contributed by atoms with van der Waals surface area (Å²) >= 11 is 0. The van der Waals surface area contributed by atoms with Crippen molar-refractivity contribution in [1.82, 2.24) is 0 Å². The number of hydrogen-bond acceptors (Lipinski definition) is 1. The van der Waals surface area contributed by atoms with E-state index in [-0.39, 0.29) is 0 Å². The molecule has 1 aliphatic rings. The van der Waals surface area contributed by atoms with E-state index in [0.29, 0.717) is 5.92 Å². The third kappa shape index (κ3) is 2.53. The highest BCUT2D eigenvalue weighted by atomic mass is 19.4. The van der Waals surface area contributed by atoms with Crippen molar-refractivity contribution in [3.63, 3.8) is 0 Å². The molecule has 100 valence electrons. The van der Waals surface area contributed by atoms with Gasteiger partial charge in [-0.05, 0) is 42.9 Å². The Morgan fingerprint density at radius 3 is 2.33 bits per heavy atom. The maximum atomic E-state index is 12.5. The Morgan fingerprint density at radius 1 is 1.28 bits per heavy atom. The average molecular weight is 257 g/mol. The minimum absolute atomic E-state index is 0.440. The summed E-state index contributed by atoms with van der Waals surface area (Å²) in [5.41, 5.74) is 6.10. The van der Waals surface area contributed by atoms with Crippen molar-refractivity contribution in [2.45, 2.75) is 44.3 Å². The molecular formula is C14H18F3N. The molecule has 1 saturated carbocycles. The molecule has 0 aromatic heterocycles. The molecule has 2 atom stereocenters. The molecule has 2 unspecified atom stereocenters. The van der Waals surface area contributed by atoms with Crippen molar-refractivity contribution in [2.75, 3.05) is 0 Å². The van der Waals surface area contributed by atoms with Crippen molar-refractivity contribution >= 4 is 0 Å². The first-order valence-electron chi connectivity index (χ1n) is 6.32. The second kappa shape index (κ2) is 4.57. The van der Waals surface area contributed by atoms with Gasteiger partial charge in [0.25, 0.3) is 0 Å². The lowest BCUT2D eigenvalue weighted by Crippen LogP contribution is -2.33. The molecule has 0 heterocycles. The Hall–Kier alpha value is -1.03. The Labute approximate surface area is 105 Å². The molecule has 1 aliphatic carbocycles. The van der Waals surface area contributed by atoms with Gasteiger partial charge in [0.1, 0.15) is 0 Å². The van der Waals surface area contributed by atoms with Crippen molar-refractivity contribution in [2.24, 2.45) is 11.7 Å². The van der Waals surface area contributed by atoms with Crippen LogP contribution < -0.4 is 5.73 Å².